The summed E-state index contributed by atoms with van der Waals surface area (Å²) in [6.45, 7) is 0.352. The van der Waals surface area contributed by atoms with Gasteiger partial charge in [0.25, 0.3) is 0 Å². The Morgan fingerprint density at radius 2 is 2.18 bits per heavy atom. The van der Waals surface area contributed by atoms with E-state index in [4.69, 9.17) is 5.11 Å². The van der Waals surface area contributed by atoms with Gasteiger partial charge in [-0.1, -0.05) is 0 Å². The number of aryl methyl sites for hydroxylation is 1. The predicted octanol–water partition coefficient (Wildman–Crippen LogP) is 0.915. The van der Waals surface area contributed by atoms with Crippen LogP contribution >= 0.6 is 0 Å². The molecule has 0 aliphatic heterocycles. The van der Waals surface area contributed by atoms with Crippen LogP contribution in [0.3, 0.4) is 0 Å². The highest BCUT2D eigenvalue weighted by molar-refractivity contribution is 5.79. The smallest absolute Gasteiger partial charge is 0.417 e. The molecule has 1 atom stereocenters. The number of carboxylic acid groups (broad SMARTS) is 1. The van der Waals surface area contributed by atoms with E-state index < -0.39 is 17.7 Å². The first-order valence-corrected chi connectivity index (χ1v) is 4.69. The van der Waals surface area contributed by atoms with Crippen LogP contribution in [0.5, 0.6) is 0 Å². The van der Waals surface area contributed by atoms with Gasteiger partial charge in [0.05, 0.1) is 12.0 Å². The third-order valence-electron chi connectivity index (χ3n) is 2.53. The van der Waals surface area contributed by atoms with E-state index in [0.717, 1.165) is 0 Å². The first kappa shape index (κ1) is 13.5. The summed E-state index contributed by atoms with van der Waals surface area (Å²) in [7, 11) is 1.61. The van der Waals surface area contributed by atoms with E-state index in [9.17, 15) is 18.0 Å². The minimum Gasteiger partial charge on any atom is -0.480 e. The van der Waals surface area contributed by atoms with Gasteiger partial charge in [-0.3, -0.25) is 5.32 Å². The Bertz CT molecular complexity index is 416. The molecule has 0 radical (unpaired) electrons. The van der Waals surface area contributed by atoms with Gasteiger partial charge in [-0.2, -0.15) is 13.2 Å². The van der Waals surface area contributed by atoms with Crippen molar-refractivity contribution in [1.29, 1.82) is 0 Å². The number of alkyl halides is 3. The Morgan fingerprint density at radius 3 is 2.53 bits per heavy atom. The molecule has 0 aliphatic rings. The number of hydrogen-bond acceptors (Lipinski definition) is 3. The van der Waals surface area contributed by atoms with Crippen LogP contribution in [0.2, 0.25) is 0 Å². The van der Waals surface area contributed by atoms with Crippen molar-refractivity contribution in [2.45, 2.75) is 25.2 Å². The van der Waals surface area contributed by atoms with Crippen molar-refractivity contribution in [3.05, 3.63) is 18.2 Å². The largest absolute Gasteiger partial charge is 0.480 e. The lowest BCUT2D eigenvalue weighted by Crippen LogP contribution is -2.59. The molecule has 8 heteroatoms. The van der Waals surface area contributed by atoms with Crippen molar-refractivity contribution in [2.24, 2.45) is 7.05 Å². The molecule has 0 saturated carbocycles. The summed E-state index contributed by atoms with van der Waals surface area (Å²) in [5.74, 6) is -1.97. The summed E-state index contributed by atoms with van der Waals surface area (Å²) in [6.07, 6.45) is -2.09. The molecule has 1 rings (SSSR count). The molecule has 17 heavy (non-hydrogen) atoms. The summed E-state index contributed by atoms with van der Waals surface area (Å²) in [5.41, 5.74) is -2.51. The first-order valence-electron chi connectivity index (χ1n) is 4.69. The number of rotatable bonds is 4. The highest BCUT2D eigenvalue weighted by Gasteiger charge is 2.57. The number of imidazole rings is 1. The van der Waals surface area contributed by atoms with Gasteiger partial charge < -0.3 is 9.67 Å². The van der Waals surface area contributed by atoms with Crippen LogP contribution in [0.25, 0.3) is 0 Å². The van der Waals surface area contributed by atoms with E-state index >= 15 is 0 Å². The van der Waals surface area contributed by atoms with Gasteiger partial charge in [-0.25, -0.2) is 9.78 Å². The minimum absolute atomic E-state index is 0.237. The van der Waals surface area contributed by atoms with Crippen LogP contribution in [-0.2, 0) is 18.4 Å². The predicted molar refractivity (Wildman–Crippen MR) is 52.1 cm³/mol. The second kappa shape index (κ2) is 4.36. The van der Waals surface area contributed by atoms with Crippen LogP contribution in [0.4, 0.5) is 13.2 Å². The number of carboxylic acids is 1. The molecule has 1 aromatic rings. The molecule has 1 heterocycles. The van der Waals surface area contributed by atoms with E-state index in [2.05, 4.69) is 4.98 Å². The molecule has 0 bridgehead atoms. The summed E-state index contributed by atoms with van der Waals surface area (Å²) in [5, 5.41) is 10.7. The third-order valence-corrected chi connectivity index (χ3v) is 2.53. The molecule has 0 aliphatic carbocycles. The van der Waals surface area contributed by atoms with Gasteiger partial charge in [0, 0.05) is 19.8 Å². The van der Waals surface area contributed by atoms with Crippen molar-refractivity contribution < 1.29 is 23.1 Å². The molecule has 2 N–H and O–H groups in total. The zero-order chi connectivity index (χ0) is 13.3. The molecular weight excluding hydrogens is 239 g/mol. The van der Waals surface area contributed by atoms with Gasteiger partial charge in [0.2, 0.25) is 5.54 Å². The Kier molecular flexibility index (Phi) is 3.46. The van der Waals surface area contributed by atoms with Crippen molar-refractivity contribution in [1.82, 2.24) is 14.9 Å². The second-order valence-electron chi connectivity index (χ2n) is 3.78. The zero-order valence-electron chi connectivity index (χ0n) is 9.25. The Morgan fingerprint density at radius 1 is 1.59 bits per heavy atom. The van der Waals surface area contributed by atoms with Crippen LogP contribution in [-0.4, -0.2) is 32.3 Å². The van der Waals surface area contributed by atoms with Crippen molar-refractivity contribution in [2.75, 3.05) is 0 Å². The maximum Gasteiger partial charge on any atom is 0.417 e. The standard InChI is InChI=1S/C9H12F3N3O2/c1-8(7(16)17,9(10,11)12)14-4-6-3-13-5-15(6)2/h3,5,14H,4H2,1-2H3,(H,16,17). The summed E-state index contributed by atoms with van der Waals surface area (Å²) in [4.78, 5) is 14.4. The number of aromatic nitrogens is 2. The first-order chi connectivity index (χ1) is 7.68. The molecule has 1 aromatic heterocycles. The zero-order valence-corrected chi connectivity index (χ0v) is 9.25. The maximum absolute atomic E-state index is 12.6. The highest BCUT2D eigenvalue weighted by Crippen LogP contribution is 2.30. The Balaban J connectivity index is 2.83. The highest BCUT2D eigenvalue weighted by atomic mass is 19.4. The molecular formula is C9H12F3N3O2. The number of halogens is 3. The Hall–Kier alpha value is -1.57. The Labute approximate surface area is 95.3 Å². The molecule has 0 fully saturated rings. The number of nitrogens with zero attached hydrogens (tertiary/aromatic N) is 2. The van der Waals surface area contributed by atoms with Crippen molar-refractivity contribution >= 4 is 5.97 Å². The van der Waals surface area contributed by atoms with Crippen LogP contribution in [0, 0.1) is 0 Å². The summed E-state index contributed by atoms with van der Waals surface area (Å²) in [6, 6.07) is 0. The van der Waals surface area contributed by atoms with Crippen molar-refractivity contribution in [3.63, 3.8) is 0 Å². The van der Waals surface area contributed by atoms with Crippen molar-refractivity contribution in [3.8, 4) is 0 Å². The molecule has 0 spiro atoms. The van der Waals surface area contributed by atoms with Gasteiger partial charge in [-0.05, 0) is 6.92 Å². The lowest BCUT2D eigenvalue weighted by atomic mass is 10.0. The molecule has 96 valence electrons. The normalized spacial score (nSPS) is 15.6. The fourth-order valence-electron chi connectivity index (χ4n) is 1.12. The number of nitrogens with one attached hydrogen (secondary N) is 1. The number of carbonyl (C=O) groups is 1. The summed E-state index contributed by atoms with van der Waals surface area (Å²) < 4.78 is 39.4. The van der Waals surface area contributed by atoms with Gasteiger partial charge in [0.1, 0.15) is 0 Å². The summed E-state index contributed by atoms with van der Waals surface area (Å²) >= 11 is 0. The monoisotopic (exact) mass is 251 g/mol. The van der Waals surface area contributed by atoms with Gasteiger partial charge >= 0.3 is 12.1 Å². The van der Waals surface area contributed by atoms with Gasteiger partial charge in [-0.15, -0.1) is 0 Å². The number of aliphatic carboxylic acids is 1. The van der Waals surface area contributed by atoms with E-state index in [1.54, 1.807) is 7.05 Å². The van der Waals surface area contributed by atoms with E-state index in [0.29, 0.717) is 12.6 Å². The SMILES string of the molecule is Cn1cncc1CNC(C)(C(=O)O)C(F)(F)F. The molecule has 0 amide bonds. The molecule has 0 aromatic carbocycles. The molecule has 1 unspecified atom stereocenters. The lowest BCUT2D eigenvalue weighted by Gasteiger charge is -2.28. The van der Waals surface area contributed by atoms with Gasteiger partial charge in [0.15, 0.2) is 0 Å². The van der Waals surface area contributed by atoms with Crippen LogP contribution in [0.1, 0.15) is 12.6 Å². The van der Waals surface area contributed by atoms with Crippen LogP contribution in [0.15, 0.2) is 12.5 Å². The number of hydrogen-bond donors (Lipinski definition) is 2. The quantitative estimate of drug-likeness (QED) is 0.834. The van der Waals surface area contributed by atoms with E-state index in [-0.39, 0.29) is 6.54 Å². The van der Waals surface area contributed by atoms with E-state index in [1.165, 1.54) is 17.1 Å². The third kappa shape index (κ3) is 2.57. The second-order valence-corrected chi connectivity index (χ2v) is 3.78. The minimum atomic E-state index is -4.88. The topological polar surface area (TPSA) is 67.2 Å². The van der Waals surface area contributed by atoms with E-state index in [1.807, 2.05) is 5.32 Å². The fraction of sp³-hybridized carbons (Fsp3) is 0.556. The molecule has 0 saturated heterocycles. The average Bonchev–Trinajstić information content (AvgIpc) is 2.58. The fourth-order valence-corrected chi connectivity index (χ4v) is 1.12. The maximum atomic E-state index is 12.6. The average molecular weight is 251 g/mol. The lowest BCUT2D eigenvalue weighted by molar-refractivity contribution is -0.206. The van der Waals surface area contributed by atoms with Crippen LogP contribution < -0.4 is 5.32 Å². The molecule has 5 nitrogen and oxygen atoms in total.